The summed E-state index contributed by atoms with van der Waals surface area (Å²) in [4.78, 5) is 0. The summed E-state index contributed by atoms with van der Waals surface area (Å²) in [7, 11) is 4.98. The Morgan fingerprint density at radius 2 is 1.86 bits per heavy atom. The van der Waals surface area contributed by atoms with E-state index < -0.39 is 0 Å². The molecule has 3 heteroatoms. The van der Waals surface area contributed by atoms with Crippen LogP contribution < -0.4 is 14.2 Å². The van der Waals surface area contributed by atoms with Crippen molar-refractivity contribution in [2.75, 3.05) is 21.3 Å². The fourth-order valence-corrected chi connectivity index (χ4v) is 2.97. The number of rotatable bonds is 4. The molecular weight excluding hydrogens is 264 g/mol. The maximum Gasteiger partial charge on any atom is 0.203 e. The summed E-state index contributed by atoms with van der Waals surface area (Å²) in [5, 5.41) is 0. The van der Waals surface area contributed by atoms with E-state index in [-0.39, 0.29) is 5.92 Å². The van der Waals surface area contributed by atoms with E-state index in [1.54, 1.807) is 21.3 Å². The fourth-order valence-electron chi connectivity index (χ4n) is 2.97. The first kappa shape index (κ1) is 15.5. The SMILES string of the molecule is C=CC1CCC/C=C\Cc2cc(OC)c(OC)c(OC)c21. The molecule has 3 nitrogen and oxygen atoms in total. The van der Waals surface area contributed by atoms with Gasteiger partial charge >= 0.3 is 0 Å². The van der Waals surface area contributed by atoms with E-state index in [1.165, 1.54) is 11.1 Å². The topological polar surface area (TPSA) is 27.7 Å². The quantitative estimate of drug-likeness (QED) is 0.775. The molecule has 114 valence electrons. The van der Waals surface area contributed by atoms with E-state index in [4.69, 9.17) is 14.2 Å². The summed E-state index contributed by atoms with van der Waals surface area (Å²) in [6.07, 6.45) is 10.7. The van der Waals surface area contributed by atoms with Crippen LogP contribution >= 0.6 is 0 Å². The van der Waals surface area contributed by atoms with Crippen LogP contribution in [0, 0.1) is 0 Å². The molecular formula is C18H24O3. The number of fused-ring (bicyclic) bond motifs is 1. The molecule has 1 aliphatic rings. The molecule has 0 aromatic heterocycles. The van der Waals surface area contributed by atoms with Gasteiger partial charge in [-0.05, 0) is 37.3 Å². The van der Waals surface area contributed by atoms with Crippen LogP contribution in [0.2, 0.25) is 0 Å². The van der Waals surface area contributed by atoms with Crippen LogP contribution in [0.15, 0.2) is 30.9 Å². The molecule has 0 radical (unpaired) electrons. The lowest BCUT2D eigenvalue weighted by Crippen LogP contribution is -2.06. The van der Waals surface area contributed by atoms with Crippen molar-refractivity contribution in [3.8, 4) is 17.2 Å². The molecule has 0 saturated heterocycles. The van der Waals surface area contributed by atoms with Crippen molar-refractivity contribution < 1.29 is 14.2 Å². The van der Waals surface area contributed by atoms with Crippen molar-refractivity contribution in [2.24, 2.45) is 0 Å². The summed E-state index contributed by atoms with van der Waals surface area (Å²) >= 11 is 0. The first-order valence-electron chi connectivity index (χ1n) is 7.36. The Hall–Kier alpha value is -1.90. The van der Waals surface area contributed by atoms with E-state index in [9.17, 15) is 0 Å². The second kappa shape index (κ2) is 7.21. The van der Waals surface area contributed by atoms with Crippen molar-refractivity contribution in [1.82, 2.24) is 0 Å². The van der Waals surface area contributed by atoms with E-state index in [0.717, 1.165) is 31.4 Å². The lowest BCUT2D eigenvalue weighted by atomic mass is 9.88. The smallest absolute Gasteiger partial charge is 0.203 e. The molecule has 2 rings (SSSR count). The molecule has 1 atom stereocenters. The van der Waals surface area contributed by atoms with Gasteiger partial charge in [0.2, 0.25) is 5.75 Å². The first-order valence-corrected chi connectivity index (χ1v) is 7.36. The van der Waals surface area contributed by atoms with Crippen LogP contribution in [-0.4, -0.2) is 21.3 Å². The van der Waals surface area contributed by atoms with E-state index >= 15 is 0 Å². The minimum atomic E-state index is 0.273. The van der Waals surface area contributed by atoms with Crippen molar-refractivity contribution in [3.05, 3.63) is 42.0 Å². The minimum Gasteiger partial charge on any atom is -0.493 e. The normalized spacial score (nSPS) is 19.5. The Balaban J connectivity index is 2.68. The van der Waals surface area contributed by atoms with E-state index in [1.807, 2.05) is 6.08 Å². The Bertz CT molecular complexity index is 532. The van der Waals surface area contributed by atoms with E-state index in [2.05, 4.69) is 24.8 Å². The highest BCUT2D eigenvalue weighted by Gasteiger charge is 2.24. The largest absolute Gasteiger partial charge is 0.493 e. The van der Waals surface area contributed by atoms with Gasteiger partial charge in [0.25, 0.3) is 0 Å². The van der Waals surface area contributed by atoms with Gasteiger partial charge in [0.1, 0.15) is 0 Å². The highest BCUT2D eigenvalue weighted by molar-refractivity contribution is 5.61. The average Bonchev–Trinajstić information content (AvgIpc) is 2.62. The number of ether oxygens (including phenoxy) is 3. The minimum absolute atomic E-state index is 0.273. The van der Waals surface area contributed by atoms with Crippen LogP contribution in [0.25, 0.3) is 0 Å². The molecule has 0 saturated carbocycles. The second-order valence-electron chi connectivity index (χ2n) is 5.17. The van der Waals surface area contributed by atoms with Crippen molar-refractivity contribution in [1.29, 1.82) is 0 Å². The maximum atomic E-state index is 5.67. The summed E-state index contributed by atoms with van der Waals surface area (Å²) in [6.45, 7) is 4.01. The first-order chi connectivity index (χ1) is 10.3. The van der Waals surface area contributed by atoms with Gasteiger partial charge in [0.15, 0.2) is 11.5 Å². The predicted octanol–water partition coefficient (Wildman–Crippen LogP) is 4.26. The van der Waals surface area contributed by atoms with Crippen LogP contribution in [-0.2, 0) is 6.42 Å². The van der Waals surface area contributed by atoms with Crippen LogP contribution in [0.1, 0.15) is 36.3 Å². The molecule has 0 fully saturated rings. The third-order valence-corrected chi connectivity index (χ3v) is 4.00. The molecule has 1 aromatic rings. The monoisotopic (exact) mass is 288 g/mol. The molecule has 21 heavy (non-hydrogen) atoms. The van der Waals surface area contributed by atoms with Crippen molar-refractivity contribution in [3.63, 3.8) is 0 Å². The zero-order chi connectivity index (χ0) is 15.2. The van der Waals surface area contributed by atoms with Gasteiger partial charge in [-0.25, -0.2) is 0 Å². The fraction of sp³-hybridized carbons (Fsp3) is 0.444. The predicted molar refractivity (Wildman–Crippen MR) is 85.7 cm³/mol. The number of methoxy groups -OCH3 is 3. The summed E-state index contributed by atoms with van der Waals surface area (Å²) in [6, 6.07) is 2.06. The van der Waals surface area contributed by atoms with Gasteiger partial charge in [-0.2, -0.15) is 0 Å². The molecule has 0 spiro atoms. The van der Waals surface area contributed by atoms with Gasteiger partial charge < -0.3 is 14.2 Å². The zero-order valence-electron chi connectivity index (χ0n) is 13.1. The van der Waals surface area contributed by atoms with Crippen LogP contribution in [0.5, 0.6) is 17.2 Å². The number of hydrogen-bond acceptors (Lipinski definition) is 3. The average molecular weight is 288 g/mol. The number of benzene rings is 1. The molecule has 0 heterocycles. The van der Waals surface area contributed by atoms with Crippen LogP contribution in [0.4, 0.5) is 0 Å². The molecule has 1 unspecified atom stereocenters. The lowest BCUT2D eigenvalue weighted by molar-refractivity contribution is 0.320. The van der Waals surface area contributed by atoms with E-state index in [0.29, 0.717) is 11.5 Å². The standard InChI is InChI=1S/C18H24O3/c1-5-13-10-8-6-7-9-11-14-12-15(19-2)17(20-3)18(21-4)16(13)14/h5,7,9,12-13H,1,6,8,10-11H2,2-4H3/b9-7-. The van der Waals surface area contributed by atoms with Crippen LogP contribution in [0.3, 0.4) is 0 Å². The summed E-state index contributed by atoms with van der Waals surface area (Å²) < 4.78 is 16.6. The van der Waals surface area contributed by atoms with Gasteiger partial charge in [-0.3, -0.25) is 0 Å². The Morgan fingerprint density at radius 1 is 1.10 bits per heavy atom. The van der Waals surface area contributed by atoms with Crippen molar-refractivity contribution >= 4 is 0 Å². The highest BCUT2D eigenvalue weighted by Crippen LogP contribution is 2.46. The summed E-state index contributed by atoms with van der Waals surface area (Å²) in [5.41, 5.74) is 2.39. The molecule has 0 amide bonds. The lowest BCUT2D eigenvalue weighted by Gasteiger charge is -2.23. The molecule has 1 aliphatic carbocycles. The molecule has 0 aliphatic heterocycles. The maximum absolute atomic E-state index is 5.67. The van der Waals surface area contributed by atoms with Gasteiger partial charge in [-0.15, -0.1) is 6.58 Å². The van der Waals surface area contributed by atoms with Crippen molar-refractivity contribution in [2.45, 2.75) is 31.6 Å². The molecule has 1 aromatic carbocycles. The Labute approximate surface area is 127 Å². The molecule has 0 N–H and O–H groups in total. The Kier molecular flexibility index (Phi) is 5.32. The van der Waals surface area contributed by atoms with Gasteiger partial charge in [0, 0.05) is 11.5 Å². The zero-order valence-corrected chi connectivity index (χ0v) is 13.1. The third kappa shape index (κ3) is 3.07. The number of hydrogen-bond donors (Lipinski definition) is 0. The molecule has 0 bridgehead atoms. The van der Waals surface area contributed by atoms with Gasteiger partial charge in [-0.1, -0.05) is 18.2 Å². The highest BCUT2D eigenvalue weighted by atomic mass is 16.5. The summed E-state index contributed by atoms with van der Waals surface area (Å²) in [5.74, 6) is 2.42. The number of allylic oxidation sites excluding steroid dienone is 3. The second-order valence-corrected chi connectivity index (χ2v) is 5.17. The van der Waals surface area contributed by atoms with Gasteiger partial charge in [0.05, 0.1) is 21.3 Å². The third-order valence-electron chi connectivity index (χ3n) is 4.00. The Morgan fingerprint density at radius 3 is 2.48 bits per heavy atom.